The molecule has 0 saturated heterocycles. The first-order valence-electron chi connectivity index (χ1n) is 14.6. The fourth-order valence-corrected chi connectivity index (χ4v) is 7.08. The Morgan fingerprint density at radius 1 is 0.465 bits per heavy atom. The molecule has 9 aromatic rings. The largest absolute Gasteiger partial charge is 0.459 e. The van der Waals surface area contributed by atoms with Gasteiger partial charge in [0.2, 0.25) is 0 Å². The van der Waals surface area contributed by atoms with Crippen LogP contribution >= 0.6 is 0 Å². The van der Waals surface area contributed by atoms with E-state index in [2.05, 4.69) is 147 Å². The van der Waals surface area contributed by atoms with Crippen LogP contribution in [0.25, 0.3) is 71.7 Å². The number of nitrogens with zero attached hydrogens (tertiary/aromatic N) is 4. The number of hydrogen-bond donors (Lipinski definition) is 0. The Morgan fingerprint density at radius 2 is 1.02 bits per heavy atom. The average molecular weight is 553 g/mol. The maximum atomic E-state index is 6.06. The van der Waals surface area contributed by atoms with Gasteiger partial charge in [-0.15, -0.1) is 0 Å². The molecule has 1 aliphatic rings. The Labute approximate surface area is 246 Å². The molecule has 0 N–H and O–H groups in total. The SMILES string of the molecule is c1ccc2c(c1)COc1nc3ccc(-n4c5ccccc5c5cc(-n6c7ccccc7c7ccccc76)ccc54)cc3n1-2. The first kappa shape index (κ1) is 22.8. The molecule has 3 aromatic heterocycles. The predicted octanol–water partition coefficient (Wildman–Crippen LogP) is 9.11. The lowest BCUT2D eigenvalue weighted by molar-refractivity contribution is 0.265. The van der Waals surface area contributed by atoms with Crippen molar-refractivity contribution in [3.05, 3.63) is 139 Å². The molecule has 1 aliphatic heterocycles. The van der Waals surface area contributed by atoms with Crippen LogP contribution in [-0.4, -0.2) is 18.7 Å². The van der Waals surface area contributed by atoms with E-state index < -0.39 is 0 Å². The molecule has 0 bridgehead atoms. The first-order valence-corrected chi connectivity index (χ1v) is 14.6. The number of aromatic nitrogens is 4. The smallest absolute Gasteiger partial charge is 0.302 e. The Bertz CT molecular complexity index is 2530. The summed E-state index contributed by atoms with van der Waals surface area (Å²) in [6.45, 7) is 0.535. The fraction of sp³-hybridized carbons (Fsp3) is 0.0263. The van der Waals surface area contributed by atoms with Gasteiger partial charge in [-0.2, -0.15) is 4.98 Å². The standard InChI is InChI=1S/C38H24N4O/c1-5-13-32-24(9-1)23-43-38-39-31-19-17-26(22-37(31)42(32)38)41-35-16-8-4-12-29(35)30-21-25(18-20-36(30)41)40-33-14-6-2-10-27(33)28-11-3-7-15-34(28)40/h1-22H,23H2. The van der Waals surface area contributed by atoms with Crippen LogP contribution in [0.2, 0.25) is 0 Å². The summed E-state index contributed by atoms with van der Waals surface area (Å²) in [5.74, 6) is 0. The van der Waals surface area contributed by atoms with Gasteiger partial charge in [-0.3, -0.25) is 4.57 Å². The van der Waals surface area contributed by atoms with E-state index >= 15 is 0 Å². The minimum atomic E-state index is 0.535. The molecule has 202 valence electrons. The van der Waals surface area contributed by atoms with Crippen molar-refractivity contribution in [1.29, 1.82) is 0 Å². The normalized spacial score (nSPS) is 12.7. The van der Waals surface area contributed by atoms with E-state index in [-0.39, 0.29) is 0 Å². The number of fused-ring (bicyclic) bond motifs is 11. The molecule has 0 spiro atoms. The van der Waals surface area contributed by atoms with Gasteiger partial charge < -0.3 is 13.9 Å². The van der Waals surface area contributed by atoms with Gasteiger partial charge in [-0.05, 0) is 60.7 Å². The summed E-state index contributed by atoms with van der Waals surface area (Å²) in [6.07, 6.45) is 0. The average Bonchev–Trinajstić information content (AvgIpc) is 3.72. The second kappa shape index (κ2) is 8.37. The molecule has 5 nitrogen and oxygen atoms in total. The van der Waals surface area contributed by atoms with E-state index in [1.165, 1.54) is 43.6 Å². The molecule has 0 radical (unpaired) electrons. The maximum absolute atomic E-state index is 6.06. The molecule has 4 heterocycles. The molecule has 10 rings (SSSR count). The van der Waals surface area contributed by atoms with E-state index in [1.54, 1.807) is 0 Å². The Hall–Kier alpha value is -5.81. The minimum absolute atomic E-state index is 0.535. The molecule has 5 heteroatoms. The van der Waals surface area contributed by atoms with Crippen molar-refractivity contribution in [3.63, 3.8) is 0 Å². The van der Waals surface area contributed by atoms with Crippen LogP contribution in [0.15, 0.2) is 133 Å². The molecule has 0 unspecified atom stereocenters. The van der Waals surface area contributed by atoms with E-state index in [0.29, 0.717) is 12.6 Å². The van der Waals surface area contributed by atoms with Crippen LogP contribution in [-0.2, 0) is 6.61 Å². The topological polar surface area (TPSA) is 36.9 Å². The lowest BCUT2D eigenvalue weighted by Crippen LogP contribution is -2.12. The van der Waals surface area contributed by atoms with Crippen LogP contribution in [0, 0.1) is 0 Å². The number of rotatable bonds is 2. The molecule has 43 heavy (non-hydrogen) atoms. The number of hydrogen-bond acceptors (Lipinski definition) is 2. The molecule has 0 saturated carbocycles. The van der Waals surface area contributed by atoms with Crippen LogP contribution in [0.3, 0.4) is 0 Å². The number of benzene rings is 6. The summed E-state index contributed by atoms with van der Waals surface area (Å²) in [6, 6.07) is 48.4. The van der Waals surface area contributed by atoms with Gasteiger partial charge in [0, 0.05) is 38.5 Å². The monoisotopic (exact) mass is 552 g/mol. The van der Waals surface area contributed by atoms with Crippen molar-refractivity contribution in [2.45, 2.75) is 6.61 Å². The third kappa shape index (κ3) is 3.08. The second-order valence-electron chi connectivity index (χ2n) is 11.2. The lowest BCUT2D eigenvalue weighted by Gasteiger charge is -2.19. The van der Waals surface area contributed by atoms with Gasteiger partial charge in [0.25, 0.3) is 0 Å². The fourth-order valence-electron chi connectivity index (χ4n) is 7.08. The van der Waals surface area contributed by atoms with Crippen LogP contribution < -0.4 is 4.74 Å². The molecule has 0 amide bonds. The van der Waals surface area contributed by atoms with Crippen molar-refractivity contribution in [2.75, 3.05) is 0 Å². The van der Waals surface area contributed by atoms with E-state index in [0.717, 1.165) is 33.7 Å². The van der Waals surface area contributed by atoms with E-state index in [1.807, 2.05) is 0 Å². The van der Waals surface area contributed by atoms with Crippen molar-refractivity contribution in [2.24, 2.45) is 0 Å². The zero-order valence-corrected chi connectivity index (χ0v) is 23.1. The molecule has 0 fully saturated rings. The third-order valence-corrected chi connectivity index (χ3v) is 8.95. The molecule has 0 atom stereocenters. The molecule has 0 aliphatic carbocycles. The minimum Gasteiger partial charge on any atom is -0.459 e. The van der Waals surface area contributed by atoms with Gasteiger partial charge in [-0.1, -0.05) is 72.8 Å². The van der Waals surface area contributed by atoms with Gasteiger partial charge in [-0.25, -0.2) is 0 Å². The van der Waals surface area contributed by atoms with Crippen LogP contribution in [0.5, 0.6) is 6.01 Å². The summed E-state index contributed by atoms with van der Waals surface area (Å²) in [5.41, 5.74) is 11.3. The van der Waals surface area contributed by atoms with Gasteiger partial charge >= 0.3 is 6.01 Å². The lowest BCUT2D eigenvalue weighted by atomic mass is 10.1. The van der Waals surface area contributed by atoms with Crippen LogP contribution in [0.1, 0.15) is 5.56 Å². The van der Waals surface area contributed by atoms with Crippen LogP contribution in [0.4, 0.5) is 0 Å². The van der Waals surface area contributed by atoms with Crippen molar-refractivity contribution < 1.29 is 4.74 Å². The maximum Gasteiger partial charge on any atom is 0.302 e. The van der Waals surface area contributed by atoms with Crippen molar-refractivity contribution >= 4 is 54.6 Å². The number of ether oxygens (including phenoxy) is 1. The first-order chi connectivity index (χ1) is 21.3. The summed E-state index contributed by atoms with van der Waals surface area (Å²) < 4.78 is 13.0. The second-order valence-corrected chi connectivity index (χ2v) is 11.2. The Balaban J connectivity index is 1.23. The summed E-state index contributed by atoms with van der Waals surface area (Å²) in [5, 5.41) is 4.98. The van der Waals surface area contributed by atoms with Gasteiger partial charge in [0.1, 0.15) is 6.61 Å². The van der Waals surface area contributed by atoms with Crippen molar-refractivity contribution in [3.8, 4) is 23.1 Å². The summed E-state index contributed by atoms with van der Waals surface area (Å²) in [7, 11) is 0. The van der Waals surface area contributed by atoms with E-state index in [4.69, 9.17) is 9.72 Å². The number of imidazole rings is 1. The quantitative estimate of drug-likeness (QED) is 0.214. The van der Waals surface area contributed by atoms with Gasteiger partial charge in [0.15, 0.2) is 0 Å². The van der Waals surface area contributed by atoms with Crippen molar-refractivity contribution in [1.82, 2.24) is 18.7 Å². The van der Waals surface area contributed by atoms with E-state index in [9.17, 15) is 0 Å². The zero-order valence-electron chi connectivity index (χ0n) is 23.1. The molecule has 6 aromatic carbocycles. The summed E-state index contributed by atoms with van der Waals surface area (Å²) in [4.78, 5) is 4.82. The highest BCUT2D eigenvalue weighted by atomic mass is 16.5. The Morgan fingerprint density at radius 3 is 1.74 bits per heavy atom. The molecular formula is C38H24N4O. The number of para-hydroxylation sites is 4. The highest BCUT2D eigenvalue weighted by molar-refractivity contribution is 6.12. The summed E-state index contributed by atoms with van der Waals surface area (Å²) >= 11 is 0. The highest BCUT2D eigenvalue weighted by Gasteiger charge is 2.22. The third-order valence-electron chi connectivity index (χ3n) is 8.95. The molecular weight excluding hydrogens is 528 g/mol. The Kier molecular flexibility index (Phi) is 4.44. The highest BCUT2D eigenvalue weighted by Crippen LogP contribution is 2.38. The predicted molar refractivity (Wildman–Crippen MR) is 174 cm³/mol. The zero-order chi connectivity index (χ0) is 28.1. The van der Waals surface area contributed by atoms with Gasteiger partial charge in [0.05, 0.1) is 38.8 Å².